The van der Waals surface area contributed by atoms with Crippen molar-refractivity contribution in [3.8, 4) is 17.2 Å². The van der Waals surface area contributed by atoms with E-state index < -0.39 is 21.7 Å². The van der Waals surface area contributed by atoms with E-state index in [0.29, 0.717) is 42.5 Å². The van der Waals surface area contributed by atoms with Gasteiger partial charge < -0.3 is 19.9 Å². The number of hydrogen-bond donors (Lipinski definition) is 2. The monoisotopic (exact) mass is 576 g/mol. The predicted octanol–water partition coefficient (Wildman–Crippen LogP) is 4.79. The molecule has 2 aromatic carbocycles. The molecule has 1 saturated carbocycles. The fourth-order valence-electron chi connectivity index (χ4n) is 4.03. The molecule has 5 rings (SSSR count). The molecule has 1 fully saturated rings. The van der Waals surface area contributed by atoms with Gasteiger partial charge in [0.05, 0.1) is 29.7 Å². The molecular formula is C29H28N4O7S. The van der Waals surface area contributed by atoms with E-state index in [4.69, 9.17) is 14.6 Å². The number of aromatic carboxylic acids is 1. The summed E-state index contributed by atoms with van der Waals surface area (Å²) in [7, 11) is -3.41. The minimum atomic E-state index is -3.41. The SMILES string of the molecule is CC(C)Oc1cc(Oc2ccc(S(=O)(=O)C3CC3)nc2)cc(C(=O)Nc2ccn(Cc3ccc(C(=O)O)cc3)n2)c1. The van der Waals surface area contributed by atoms with Gasteiger partial charge in [-0.1, -0.05) is 12.1 Å². The van der Waals surface area contributed by atoms with Crippen molar-refractivity contribution in [3.05, 3.63) is 89.7 Å². The number of amides is 1. The maximum Gasteiger partial charge on any atom is 0.335 e. The largest absolute Gasteiger partial charge is 0.491 e. The van der Waals surface area contributed by atoms with E-state index in [-0.39, 0.29) is 27.5 Å². The number of ether oxygens (including phenoxy) is 2. The van der Waals surface area contributed by atoms with Gasteiger partial charge in [-0.05, 0) is 68.7 Å². The third-order valence-electron chi connectivity index (χ3n) is 6.14. The molecule has 2 aromatic heterocycles. The molecule has 1 amide bonds. The van der Waals surface area contributed by atoms with Gasteiger partial charge >= 0.3 is 5.97 Å². The number of carboxylic acids is 1. The lowest BCUT2D eigenvalue weighted by Crippen LogP contribution is -2.14. The summed E-state index contributed by atoms with van der Waals surface area (Å²) in [4.78, 5) is 28.3. The van der Waals surface area contributed by atoms with Gasteiger partial charge in [-0.2, -0.15) is 5.10 Å². The molecule has 0 aliphatic heterocycles. The summed E-state index contributed by atoms with van der Waals surface area (Å²) in [6.45, 7) is 4.11. The minimum Gasteiger partial charge on any atom is -0.491 e. The number of carbonyl (C=O) groups excluding carboxylic acids is 1. The van der Waals surface area contributed by atoms with Crippen molar-refractivity contribution >= 4 is 27.5 Å². The molecule has 2 N–H and O–H groups in total. The van der Waals surface area contributed by atoms with Crippen molar-refractivity contribution in [1.29, 1.82) is 0 Å². The maximum absolute atomic E-state index is 13.1. The van der Waals surface area contributed by atoms with E-state index in [1.807, 2.05) is 13.8 Å². The Kier molecular flexibility index (Phi) is 7.75. The first-order chi connectivity index (χ1) is 19.6. The zero-order valence-electron chi connectivity index (χ0n) is 22.4. The van der Waals surface area contributed by atoms with E-state index in [9.17, 15) is 18.0 Å². The number of pyridine rings is 1. The summed E-state index contributed by atoms with van der Waals surface area (Å²) in [5.41, 5.74) is 1.31. The van der Waals surface area contributed by atoms with Gasteiger partial charge in [0.15, 0.2) is 20.7 Å². The topological polar surface area (TPSA) is 150 Å². The first-order valence-electron chi connectivity index (χ1n) is 12.9. The Morgan fingerprint density at radius 1 is 1.00 bits per heavy atom. The van der Waals surface area contributed by atoms with Crippen LogP contribution in [-0.4, -0.2) is 51.5 Å². The molecule has 4 aromatic rings. The molecule has 212 valence electrons. The Bertz CT molecular complexity index is 1680. The van der Waals surface area contributed by atoms with Gasteiger partial charge in [-0.25, -0.2) is 18.2 Å². The predicted molar refractivity (Wildman–Crippen MR) is 149 cm³/mol. The molecule has 1 aliphatic rings. The molecular weight excluding hydrogens is 548 g/mol. The highest BCUT2D eigenvalue weighted by Crippen LogP contribution is 2.34. The Morgan fingerprint density at radius 3 is 2.37 bits per heavy atom. The fraction of sp³-hybridized carbons (Fsp3) is 0.241. The van der Waals surface area contributed by atoms with E-state index in [1.54, 1.807) is 47.3 Å². The minimum absolute atomic E-state index is 0.0148. The molecule has 1 aliphatic carbocycles. The molecule has 0 spiro atoms. The number of sulfone groups is 1. The Morgan fingerprint density at radius 2 is 1.73 bits per heavy atom. The second-order valence-electron chi connectivity index (χ2n) is 9.89. The molecule has 41 heavy (non-hydrogen) atoms. The number of nitrogens with zero attached hydrogens (tertiary/aromatic N) is 3. The third-order valence-corrected chi connectivity index (χ3v) is 8.31. The van der Waals surface area contributed by atoms with Crippen molar-refractivity contribution in [2.75, 3.05) is 5.32 Å². The average molecular weight is 577 g/mol. The fourth-order valence-corrected chi connectivity index (χ4v) is 5.58. The summed E-state index contributed by atoms with van der Waals surface area (Å²) < 4.78 is 38.2. The van der Waals surface area contributed by atoms with Crippen LogP contribution in [0.2, 0.25) is 0 Å². The van der Waals surface area contributed by atoms with Gasteiger partial charge in [-0.15, -0.1) is 0 Å². The number of anilines is 1. The zero-order chi connectivity index (χ0) is 29.1. The van der Waals surface area contributed by atoms with Crippen molar-refractivity contribution in [1.82, 2.24) is 14.8 Å². The molecule has 2 heterocycles. The van der Waals surface area contributed by atoms with Gasteiger partial charge in [0.1, 0.15) is 17.2 Å². The van der Waals surface area contributed by atoms with Gasteiger partial charge in [0.25, 0.3) is 5.91 Å². The lowest BCUT2D eigenvalue weighted by atomic mass is 10.1. The summed E-state index contributed by atoms with van der Waals surface area (Å²) in [6, 6.07) is 15.8. The van der Waals surface area contributed by atoms with Crippen molar-refractivity contribution < 1.29 is 32.6 Å². The highest BCUT2D eigenvalue weighted by atomic mass is 32.2. The number of carbonyl (C=O) groups is 2. The summed E-state index contributed by atoms with van der Waals surface area (Å²) in [5.74, 6) is -0.0772. The van der Waals surface area contributed by atoms with Crippen LogP contribution in [0.1, 0.15) is 53.0 Å². The van der Waals surface area contributed by atoms with Gasteiger partial charge in [0, 0.05) is 23.9 Å². The normalized spacial score (nSPS) is 13.1. The quantitative estimate of drug-likeness (QED) is 0.257. The summed E-state index contributed by atoms with van der Waals surface area (Å²) in [6.07, 6.45) is 4.19. The number of carboxylic acid groups (broad SMARTS) is 1. The Labute approximate surface area is 236 Å². The number of hydrogen-bond acceptors (Lipinski definition) is 8. The van der Waals surface area contributed by atoms with Crippen LogP contribution in [0.15, 0.2) is 78.1 Å². The smallest absolute Gasteiger partial charge is 0.335 e. The van der Waals surface area contributed by atoms with E-state index in [0.717, 1.165) is 5.56 Å². The Balaban J connectivity index is 1.29. The highest BCUT2D eigenvalue weighted by molar-refractivity contribution is 7.92. The molecule has 11 nitrogen and oxygen atoms in total. The molecule has 0 unspecified atom stereocenters. The van der Waals surface area contributed by atoms with E-state index in [1.165, 1.54) is 30.5 Å². The van der Waals surface area contributed by atoms with E-state index in [2.05, 4.69) is 15.4 Å². The van der Waals surface area contributed by atoms with E-state index >= 15 is 0 Å². The number of nitrogens with one attached hydrogen (secondary N) is 1. The second kappa shape index (κ2) is 11.4. The number of rotatable bonds is 11. The van der Waals surface area contributed by atoms with Crippen molar-refractivity contribution in [2.45, 2.75) is 49.6 Å². The standard InChI is InChI=1S/C29H28N4O7S/c1-18(2)39-23-13-21(14-24(15-23)40-22-7-10-27(30-16-22)41(37,38)25-8-9-25)28(34)31-26-11-12-33(32-26)17-19-3-5-20(6-4-19)29(35)36/h3-7,10-16,18,25H,8-9,17H2,1-2H3,(H,35,36)(H,31,32,34). The van der Waals surface area contributed by atoms with Gasteiger partial charge in [0.2, 0.25) is 0 Å². The number of benzene rings is 2. The molecule has 12 heteroatoms. The van der Waals surface area contributed by atoms with Crippen LogP contribution < -0.4 is 14.8 Å². The zero-order valence-corrected chi connectivity index (χ0v) is 23.2. The molecule has 0 atom stereocenters. The maximum atomic E-state index is 13.1. The van der Waals surface area contributed by atoms with Crippen LogP contribution in [0.25, 0.3) is 0 Å². The van der Waals surface area contributed by atoms with Crippen LogP contribution in [0, 0.1) is 0 Å². The number of aromatic nitrogens is 3. The summed E-state index contributed by atoms with van der Waals surface area (Å²) in [5, 5.41) is 15.9. The first kappa shape index (κ1) is 27.8. The van der Waals surface area contributed by atoms with Crippen molar-refractivity contribution in [3.63, 3.8) is 0 Å². The third kappa shape index (κ3) is 6.90. The second-order valence-corrected chi connectivity index (χ2v) is 12.1. The Hall–Kier alpha value is -4.71. The summed E-state index contributed by atoms with van der Waals surface area (Å²) >= 11 is 0. The van der Waals surface area contributed by atoms with Crippen LogP contribution in [0.3, 0.4) is 0 Å². The van der Waals surface area contributed by atoms with Crippen LogP contribution in [0.5, 0.6) is 17.2 Å². The van der Waals surface area contributed by atoms with Crippen molar-refractivity contribution in [2.24, 2.45) is 0 Å². The average Bonchev–Trinajstić information content (AvgIpc) is 3.71. The lowest BCUT2D eigenvalue weighted by Gasteiger charge is -2.14. The molecule has 0 bridgehead atoms. The van der Waals surface area contributed by atoms with Crippen LogP contribution >= 0.6 is 0 Å². The highest BCUT2D eigenvalue weighted by Gasteiger charge is 2.37. The molecule has 0 radical (unpaired) electrons. The van der Waals surface area contributed by atoms with Crippen LogP contribution in [0.4, 0.5) is 5.82 Å². The lowest BCUT2D eigenvalue weighted by molar-refractivity contribution is 0.0696. The first-order valence-corrected chi connectivity index (χ1v) is 14.5. The van der Waals surface area contributed by atoms with Gasteiger partial charge in [-0.3, -0.25) is 9.48 Å². The van der Waals surface area contributed by atoms with Crippen LogP contribution in [-0.2, 0) is 16.4 Å². The molecule has 0 saturated heterocycles.